The number of hydrogen-bond acceptors (Lipinski definition) is 3. The molecule has 4 nitrogen and oxygen atoms in total. The highest BCUT2D eigenvalue weighted by Crippen LogP contribution is 2.22. The van der Waals surface area contributed by atoms with Crippen molar-refractivity contribution >= 4 is 0 Å². The van der Waals surface area contributed by atoms with Crippen LogP contribution in [0, 0.1) is 6.92 Å². The molecule has 3 heterocycles. The molecule has 1 aliphatic heterocycles. The molecule has 0 aromatic carbocycles. The van der Waals surface area contributed by atoms with Gasteiger partial charge in [0.25, 0.3) is 0 Å². The molecule has 1 saturated heterocycles. The molecule has 1 atom stereocenters. The van der Waals surface area contributed by atoms with Crippen molar-refractivity contribution in [2.75, 3.05) is 13.1 Å². The van der Waals surface area contributed by atoms with Crippen LogP contribution in [0.15, 0.2) is 30.9 Å². The minimum Gasteiger partial charge on any atom is -0.328 e. The lowest BCUT2D eigenvalue weighted by molar-refractivity contribution is 0.646. The van der Waals surface area contributed by atoms with Crippen molar-refractivity contribution in [2.45, 2.75) is 25.8 Å². The van der Waals surface area contributed by atoms with Crippen LogP contribution in [-0.4, -0.2) is 27.6 Å². The van der Waals surface area contributed by atoms with Crippen molar-refractivity contribution < 1.29 is 0 Å². The number of nitrogens with one attached hydrogen (secondary N) is 1. The fraction of sp³-hybridized carbons (Fsp3) is 0.429. The van der Waals surface area contributed by atoms with Gasteiger partial charge in [-0.25, -0.2) is 4.98 Å². The Bertz CT molecular complexity index is 526. The molecule has 0 radical (unpaired) electrons. The Morgan fingerprint density at radius 2 is 2.44 bits per heavy atom. The standard InChI is InChI=1S/C14H18N4/c1-11-3-2-5-17-13(11)9-18-10-16-8-14(18)12-4-6-15-7-12/h2-3,5,8,10,12,15H,4,6-7,9H2,1H3. The van der Waals surface area contributed by atoms with E-state index in [4.69, 9.17) is 0 Å². The van der Waals surface area contributed by atoms with Gasteiger partial charge in [-0.1, -0.05) is 6.07 Å². The number of nitrogens with zero attached hydrogens (tertiary/aromatic N) is 3. The summed E-state index contributed by atoms with van der Waals surface area (Å²) in [5, 5.41) is 3.41. The Hall–Kier alpha value is -1.68. The predicted molar refractivity (Wildman–Crippen MR) is 70.5 cm³/mol. The molecule has 0 aliphatic carbocycles. The quantitative estimate of drug-likeness (QED) is 0.891. The Morgan fingerprint density at radius 3 is 3.22 bits per heavy atom. The molecule has 1 fully saturated rings. The van der Waals surface area contributed by atoms with Crippen LogP contribution in [0.4, 0.5) is 0 Å². The molecule has 1 unspecified atom stereocenters. The van der Waals surface area contributed by atoms with Gasteiger partial charge in [-0.15, -0.1) is 0 Å². The molecule has 3 rings (SSSR count). The average Bonchev–Trinajstić information content (AvgIpc) is 3.02. The number of rotatable bonds is 3. The van der Waals surface area contributed by atoms with Gasteiger partial charge >= 0.3 is 0 Å². The van der Waals surface area contributed by atoms with Crippen molar-refractivity contribution in [1.82, 2.24) is 19.9 Å². The van der Waals surface area contributed by atoms with Gasteiger partial charge < -0.3 is 9.88 Å². The van der Waals surface area contributed by atoms with E-state index in [0.29, 0.717) is 5.92 Å². The summed E-state index contributed by atoms with van der Waals surface area (Å²) >= 11 is 0. The maximum absolute atomic E-state index is 4.46. The number of aryl methyl sites for hydroxylation is 1. The van der Waals surface area contributed by atoms with Crippen molar-refractivity contribution in [2.24, 2.45) is 0 Å². The van der Waals surface area contributed by atoms with Crippen LogP contribution in [0.5, 0.6) is 0 Å². The third-order valence-corrected chi connectivity index (χ3v) is 3.66. The van der Waals surface area contributed by atoms with E-state index >= 15 is 0 Å². The zero-order valence-electron chi connectivity index (χ0n) is 10.6. The largest absolute Gasteiger partial charge is 0.328 e. The lowest BCUT2D eigenvalue weighted by Crippen LogP contribution is -2.12. The molecular weight excluding hydrogens is 224 g/mol. The van der Waals surface area contributed by atoms with Gasteiger partial charge in [0, 0.05) is 30.6 Å². The highest BCUT2D eigenvalue weighted by atomic mass is 15.1. The van der Waals surface area contributed by atoms with E-state index in [2.05, 4.69) is 32.8 Å². The number of imidazole rings is 1. The molecule has 0 amide bonds. The summed E-state index contributed by atoms with van der Waals surface area (Å²) in [5.74, 6) is 0.594. The van der Waals surface area contributed by atoms with Gasteiger partial charge in [0.15, 0.2) is 0 Å². The van der Waals surface area contributed by atoms with E-state index in [1.807, 2.05) is 24.8 Å². The van der Waals surface area contributed by atoms with Gasteiger partial charge in [-0.3, -0.25) is 4.98 Å². The van der Waals surface area contributed by atoms with E-state index in [1.165, 1.54) is 17.7 Å². The van der Waals surface area contributed by atoms with Crippen LogP contribution in [0.1, 0.15) is 29.3 Å². The molecule has 18 heavy (non-hydrogen) atoms. The van der Waals surface area contributed by atoms with Crippen LogP contribution in [0.3, 0.4) is 0 Å². The second-order valence-corrected chi connectivity index (χ2v) is 4.90. The van der Waals surface area contributed by atoms with E-state index in [0.717, 1.165) is 25.3 Å². The van der Waals surface area contributed by atoms with Crippen molar-refractivity contribution in [3.8, 4) is 0 Å². The first kappa shape index (κ1) is 11.4. The lowest BCUT2D eigenvalue weighted by Gasteiger charge is -2.13. The second kappa shape index (κ2) is 4.90. The molecule has 0 bridgehead atoms. The van der Waals surface area contributed by atoms with Gasteiger partial charge in [0.05, 0.1) is 18.6 Å². The zero-order valence-corrected chi connectivity index (χ0v) is 10.6. The van der Waals surface area contributed by atoms with E-state index in [9.17, 15) is 0 Å². The van der Waals surface area contributed by atoms with E-state index in [1.54, 1.807) is 0 Å². The van der Waals surface area contributed by atoms with E-state index in [-0.39, 0.29) is 0 Å². The molecule has 0 saturated carbocycles. The summed E-state index contributed by atoms with van der Waals surface area (Å²) in [7, 11) is 0. The highest BCUT2D eigenvalue weighted by Gasteiger charge is 2.20. The minimum atomic E-state index is 0.594. The Labute approximate surface area is 107 Å². The topological polar surface area (TPSA) is 42.7 Å². The molecule has 2 aromatic rings. The van der Waals surface area contributed by atoms with Gasteiger partial charge in [-0.2, -0.15) is 0 Å². The van der Waals surface area contributed by atoms with Crippen molar-refractivity contribution in [3.05, 3.63) is 47.8 Å². The van der Waals surface area contributed by atoms with E-state index < -0.39 is 0 Å². The summed E-state index contributed by atoms with van der Waals surface area (Å²) in [6.07, 6.45) is 6.97. The van der Waals surface area contributed by atoms with Gasteiger partial charge in [-0.05, 0) is 31.5 Å². The highest BCUT2D eigenvalue weighted by molar-refractivity contribution is 5.19. The maximum atomic E-state index is 4.46. The smallest absolute Gasteiger partial charge is 0.0951 e. The fourth-order valence-electron chi connectivity index (χ4n) is 2.56. The second-order valence-electron chi connectivity index (χ2n) is 4.90. The van der Waals surface area contributed by atoms with Crippen molar-refractivity contribution in [1.29, 1.82) is 0 Å². The first-order chi connectivity index (χ1) is 8.84. The number of aromatic nitrogens is 3. The first-order valence-electron chi connectivity index (χ1n) is 6.46. The monoisotopic (exact) mass is 242 g/mol. The predicted octanol–water partition coefficient (Wildman–Crippen LogP) is 1.71. The molecule has 4 heteroatoms. The Morgan fingerprint density at radius 1 is 1.50 bits per heavy atom. The third kappa shape index (κ3) is 2.16. The minimum absolute atomic E-state index is 0.594. The first-order valence-corrected chi connectivity index (χ1v) is 6.46. The van der Waals surface area contributed by atoms with Crippen LogP contribution in [-0.2, 0) is 6.54 Å². The van der Waals surface area contributed by atoms with Gasteiger partial charge in [0.1, 0.15) is 0 Å². The summed E-state index contributed by atoms with van der Waals surface area (Å²) < 4.78 is 2.23. The maximum Gasteiger partial charge on any atom is 0.0951 e. The third-order valence-electron chi connectivity index (χ3n) is 3.66. The van der Waals surface area contributed by atoms with Crippen molar-refractivity contribution in [3.63, 3.8) is 0 Å². The van der Waals surface area contributed by atoms with Crippen LogP contribution in [0.25, 0.3) is 0 Å². The summed E-state index contributed by atoms with van der Waals surface area (Å²) in [4.78, 5) is 8.76. The summed E-state index contributed by atoms with van der Waals surface area (Å²) in [5.41, 5.74) is 3.69. The normalized spacial score (nSPS) is 19.3. The van der Waals surface area contributed by atoms with Crippen LogP contribution >= 0.6 is 0 Å². The fourth-order valence-corrected chi connectivity index (χ4v) is 2.56. The Balaban J connectivity index is 1.85. The Kier molecular flexibility index (Phi) is 3.11. The molecule has 2 aromatic heterocycles. The molecule has 1 N–H and O–H groups in total. The molecular formula is C14H18N4. The summed E-state index contributed by atoms with van der Waals surface area (Å²) in [6.45, 7) is 5.10. The van der Waals surface area contributed by atoms with Gasteiger partial charge in [0.2, 0.25) is 0 Å². The molecule has 0 spiro atoms. The van der Waals surface area contributed by atoms with Crippen LogP contribution in [0.2, 0.25) is 0 Å². The molecule has 1 aliphatic rings. The summed E-state index contributed by atoms with van der Waals surface area (Å²) in [6, 6.07) is 4.09. The number of hydrogen-bond donors (Lipinski definition) is 1. The van der Waals surface area contributed by atoms with Crippen LogP contribution < -0.4 is 5.32 Å². The average molecular weight is 242 g/mol. The number of pyridine rings is 1. The zero-order chi connectivity index (χ0) is 12.4. The lowest BCUT2D eigenvalue weighted by atomic mass is 10.1. The molecule has 94 valence electrons. The SMILES string of the molecule is Cc1cccnc1Cn1cncc1C1CCNC1.